The number of ketones is 2. The number of para-hydroxylation sites is 1. The minimum absolute atomic E-state index is 0.0387. The number of aromatic hydroxyl groups is 1. The Kier molecular flexibility index (Phi) is 4.99. The molecule has 0 aliphatic rings. The largest absolute Gasteiger partial charge is 0.507 e. The molecular formula is C17H13NO5. The molecule has 23 heavy (non-hydrogen) atoms. The first-order valence-electron chi connectivity index (χ1n) is 6.74. The zero-order valence-electron chi connectivity index (χ0n) is 12.0. The van der Waals surface area contributed by atoms with Gasteiger partial charge in [-0.3, -0.25) is 19.7 Å². The predicted octanol–water partition coefficient (Wildman–Crippen LogP) is 3.16. The number of carbonyl (C=O) groups is 2. The fourth-order valence-corrected chi connectivity index (χ4v) is 1.92. The highest BCUT2D eigenvalue weighted by Gasteiger charge is 2.13. The number of non-ortho nitro benzene ring substituents is 1. The zero-order valence-corrected chi connectivity index (χ0v) is 12.0. The van der Waals surface area contributed by atoms with Gasteiger partial charge in [-0.15, -0.1) is 0 Å². The van der Waals surface area contributed by atoms with Crippen LogP contribution in [-0.4, -0.2) is 21.6 Å². The summed E-state index contributed by atoms with van der Waals surface area (Å²) in [6.07, 6.45) is 2.35. The quantitative estimate of drug-likeness (QED) is 0.290. The first-order chi connectivity index (χ1) is 11.0. The highest BCUT2D eigenvalue weighted by Crippen LogP contribution is 2.18. The molecule has 0 spiro atoms. The van der Waals surface area contributed by atoms with Crippen molar-refractivity contribution in [1.82, 2.24) is 0 Å². The maximum Gasteiger partial charge on any atom is 0.269 e. The van der Waals surface area contributed by atoms with E-state index in [1.165, 1.54) is 48.6 Å². The SMILES string of the molecule is O=C(C=Cc1ccc([N+](=O)[O-])cc1)CC(=O)c1ccccc1O. The van der Waals surface area contributed by atoms with Gasteiger partial charge >= 0.3 is 0 Å². The van der Waals surface area contributed by atoms with E-state index in [9.17, 15) is 24.8 Å². The Hall–Kier alpha value is -3.28. The molecule has 2 rings (SSSR count). The Labute approximate surface area is 131 Å². The summed E-state index contributed by atoms with van der Waals surface area (Å²) < 4.78 is 0. The molecule has 0 amide bonds. The molecule has 2 aromatic rings. The van der Waals surface area contributed by atoms with Crippen LogP contribution in [-0.2, 0) is 4.79 Å². The first-order valence-corrected chi connectivity index (χ1v) is 6.74. The summed E-state index contributed by atoms with van der Waals surface area (Å²) in [7, 11) is 0. The number of carbonyl (C=O) groups excluding carboxylic acids is 2. The molecule has 0 unspecified atom stereocenters. The van der Waals surface area contributed by atoms with Crippen LogP contribution in [0.4, 0.5) is 5.69 Å². The number of benzene rings is 2. The summed E-state index contributed by atoms with van der Waals surface area (Å²) in [6.45, 7) is 0. The number of hydrogen-bond donors (Lipinski definition) is 1. The van der Waals surface area contributed by atoms with Gasteiger partial charge in [-0.05, 0) is 35.9 Å². The van der Waals surface area contributed by atoms with Gasteiger partial charge in [0.25, 0.3) is 5.69 Å². The Morgan fingerprint density at radius 3 is 2.35 bits per heavy atom. The lowest BCUT2D eigenvalue weighted by molar-refractivity contribution is -0.384. The summed E-state index contributed by atoms with van der Waals surface area (Å²) in [5.41, 5.74) is 0.673. The van der Waals surface area contributed by atoms with Crippen LogP contribution in [0.25, 0.3) is 6.08 Å². The van der Waals surface area contributed by atoms with Crippen LogP contribution < -0.4 is 0 Å². The van der Waals surface area contributed by atoms with Gasteiger partial charge in [0.2, 0.25) is 0 Å². The molecule has 0 radical (unpaired) electrons. The number of nitrogens with zero attached hydrogens (tertiary/aromatic N) is 1. The summed E-state index contributed by atoms with van der Waals surface area (Å²) in [5, 5.41) is 20.1. The first kappa shape index (κ1) is 16.1. The summed E-state index contributed by atoms with van der Waals surface area (Å²) in [4.78, 5) is 33.7. The smallest absolute Gasteiger partial charge is 0.269 e. The van der Waals surface area contributed by atoms with Crippen LogP contribution in [0.15, 0.2) is 54.6 Å². The number of nitro groups is 1. The van der Waals surface area contributed by atoms with Crippen molar-refractivity contribution in [3.05, 3.63) is 75.8 Å². The van der Waals surface area contributed by atoms with Gasteiger partial charge in [0.05, 0.1) is 16.9 Å². The van der Waals surface area contributed by atoms with Crippen molar-refractivity contribution in [2.24, 2.45) is 0 Å². The molecular weight excluding hydrogens is 298 g/mol. The molecule has 0 aromatic heterocycles. The van der Waals surface area contributed by atoms with Gasteiger partial charge in [-0.25, -0.2) is 0 Å². The maximum atomic E-state index is 11.9. The van der Waals surface area contributed by atoms with E-state index in [1.54, 1.807) is 12.1 Å². The molecule has 0 aliphatic heterocycles. The molecule has 0 saturated carbocycles. The molecule has 0 bridgehead atoms. The average Bonchev–Trinajstić information content (AvgIpc) is 2.53. The Morgan fingerprint density at radius 1 is 1.09 bits per heavy atom. The summed E-state index contributed by atoms with van der Waals surface area (Å²) in [6, 6.07) is 11.7. The van der Waals surface area contributed by atoms with Crippen molar-refractivity contribution in [3.8, 4) is 5.75 Å². The van der Waals surface area contributed by atoms with Gasteiger partial charge < -0.3 is 5.11 Å². The second kappa shape index (κ2) is 7.13. The standard InChI is InChI=1S/C17H13NO5/c19-14(11-17(21)15-3-1-2-4-16(15)20)10-7-12-5-8-13(9-6-12)18(22)23/h1-10,20H,11H2. The number of nitro benzene ring substituents is 1. The van der Waals surface area contributed by atoms with Crippen LogP contribution in [0.1, 0.15) is 22.3 Å². The highest BCUT2D eigenvalue weighted by atomic mass is 16.6. The third-order valence-electron chi connectivity index (χ3n) is 3.10. The normalized spacial score (nSPS) is 10.6. The molecule has 6 heteroatoms. The number of phenols is 1. The van der Waals surface area contributed by atoms with Gasteiger partial charge in [0.1, 0.15) is 5.75 Å². The van der Waals surface area contributed by atoms with E-state index in [-0.39, 0.29) is 23.4 Å². The van der Waals surface area contributed by atoms with Gasteiger partial charge in [0, 0.05) is 12.1 Å². The number of phenolic OH excluding ortho intramolecular Hbond substituents is 1. The molecule has 0 aliphatic carbocycles. The average molecular weight is 311 g/mol. The summed E-state index contributed by atoms with van der Waals surface area (Å²) in [5.74, 6) is -1.05. The van der Waals surface area contributed by atoms with E-state index in [0.29, 0.717) is 5.56 Å². The lowest BCUT2D eigenvalue weighted by Crippen LogP contribution is -2.06. The topological polar surface area (TPSA) is 97.5 Å². The van der Waals surface area contributed by atoms with Crippen molar-refractivity contribution in [2.45, 2.75) is 6.42 Å². The van der Waals surface area contributed by atoms with Crippen LogP contribution in [0.3, 0.4) is 0 Å². The molecule has 0 fully saturated rings. The number of hydrogen-bond acceptors (Lipinski definition) is 5. The molecule has 1 N–H and O–H groups in total. The summed E-state index contributed by atoms with van der Waals surface area (Å²) >= 11 is 0. The fourth-order valence-electron chi connectivity index (χ4n) is 1.92. The maximum absolute atomic E-state index is 11.9. The van der Waals surface area contributed by atoms with E-state index in [0.717, 1.165) is 0 Å². The van der Waals surface area contributed by atoms with Crippen molar-refractivity contribution in [3.63, 3.8) is 0 Å². The second-order valence-electron chi connectivity index (χ2n) is 4.77. The van der Waals surface area contributed by atoms with Crippen LogP contribution >= 0.6 is 0 Å². The molecule has 0 heterocycles. The number of Topliss-reactive ketones (excluding diaryl/α,β-unsaturated/α-hetero) is 1. The Balaban J connectivity index is 2.00. The van der Waals surface area contributed by atoms with Gasteiger partial charge in [0.15, 0.2) is 11.6 Å². The Bertz CT molecular complexity index is 778. The third kappa shape index (κ3) is 4.34. The minimum atomic E-state index is -0.510. The van der Waals surface area contributed by atoms with Crippen molar-refractivity contribution in [1.29, 1.82) is 0 Å². The zero-order chi connectivity index (χ0) is 16.8. The van der Waals surface area contributed by atoms with E-state index in [4.69, 9.17) is 0 Å². The van der Waals surface area contributed by atoms with Gasteiger partial charge in [-0.2, -0.15) is 0 Å². The monoisotopic (exact) mass is 311 g/mol. The Morgan fingerprint density at radius 2 is 1.74 bits per heavy atom. The van der Waals surface area contributed by atoms with E-state index < -0.39 is 16.5 Å². The van der Waals surface area contributed by atoms with Crippen molar-refractivity contribution in [2.75, 3.05) is 0 Å². The minimum Gasteiger partial charge on any atom is -0.507 e. The number of allylic oxidation sites excluding steroid dienone is 1. The highest BCUT2D eigenvalue weighted by molar-refractivity contribution is 6.13. The predicted molar refractivity (Wildman–Crippen MR) is 84.2 cm³/mol. The van der Waals surface area contributed by atoms with Crippen LogP contribution in [0.5, 0.6) is 5.75 Å². The molecule has 116 valence electrons. The van der Waals surface area contributed by atoms with Crippen molar-refractivity contribution < 1.29 is 19.6 Å². The molecule has 2 aromatic carbocycles. The van der Waals surface area contributed by atoms with E-state index in [1.807, 2.05) is 0 Å². The van der Waals surface area contributed by atoms with Gasteiger partial charge in [-0.1, -0.05) is 18.2 Å². The van der Waals surface area contributed by atoms with E-state index in [2.05, 4.69) is 0 Å². The lowest BCUT2D eigenvalue weighted by Gasteiger charge is -2.01. The molecule has 6 nitrogen and oxygen atoms in total. The second-order valence-corrected chi connectivity index (χ2v) is 4.77. The molecule has 0 atom stereocenters. The van der Waals surface area contributed by atoms with Crippen LogP contribution in [0, 0.1) is 10.1 Å². The number of rotatable bonds is 6. The fraction of sp³-hybridized carbons (Fsp3) is 0.0588. The third-order valence-corrected chi connectivity index (χ3v) is 3.10. The van der Waals surface area contributed by atoms with Crippen molar-refractivity contribution >= 4 is 23.3 Å². The molecule has 0 saturated heterocycles. The van der Waals surface area contributed by atoms with Crippen LogP contribution in [0.2, 0.25) is 0 Å². The van der Waals surface area contributed by atoms with E-state index >= 15 is 0 Å². The lowest BCUT2D eigenvalue weighted by atomic mass is 10.0.